The fraction of sp³-hybridized carbons (Fsp3) is 0.344. The van der Waals surface area contributed by atoms with Crippen molar-refractivity contribution >= 4 is 39.3 Å². The first-order chi connectivity index (χ1) is 20.2. The van der Waals surface area contributed by atoms with Crippen LogP contribution in [0.2, 0.25) is 5.02 Å². The summed E-state index contributed by atoms with van der Waals surface area (Å²) in [7, 11) is -3.97. The summed E-state index contributed by atoms with van der Waals surface area (Å²) in [6.07, 6.45) is 4.33. The number of fused-ring (bicyclic) bond motifs is 1. The van der Waals surface area contributed by atoms with E-state index in [1.54, 1.807) is 35.2 Å². The van der Waals surface area contributed by atoms with Crippen LogP contribution in [0.4, 0.5) is 0 Å². The number of rotatable bonds is 11. The molecule has 0 spiro atoms. The third-order valence-electron chi connectivity index (χ3n) is 7.88. The van der Waals surface area contributed by atoms with Crippen molar-refractivity contribution in [2.45, 2.75) is 68.5 Å². The monoisotopic (exact) mass is 607 g/mol. The topological polar surface area (TPSA) is 104 Å². The minimum atomic E-state index is -3.97. The zero-order valence-electron chi connectivity index (χ0n) is 23.2. The molecule has 5 rings (SSSR count). The summed E-state index contributed by atoms with van der Waals surface area (Å²) in [5.74, 6) is -1.11. The van der Waals surface area contributed by atoms with E-state index in [2.05, 4.69) is 5.32 Å². The second kappa shape index (κ2) is 13.1. The fourth-order valence-electron chi connectivity index (χ4n) is 5.72. The standard InChI is InChI=1S/C32H34ClN3O5S/c33-25-13-8-12-24(20-25)22-35(28(21-23-10-2-1-3-11-23)31(38)34-26-14-4-5-15-26)30(37)18-9-19-36-32(39)27-16-6-7-17-29(27)42(36,40)41/h1-3,6-8,10-13,16-17,20,26,28H,4-5,9,14-15,18-19,21-22H2,(H,34,38)/t28-/m0/s1. The number of nitrogens with zero attached hydrogens (tertiary/aromatic N) is 2. The van der Waals surface area contributed by atoms with Gasteiger partial charge in [0.1, 0.15) is 10.9 Å². The van der Waals surface area contributed by atoms with Gasteiger partial charge in [0.2, 0.25) is 11.8 Å². The highest BCUT2D eigenvalue weighted by atomic mass is 35.5. The molecule has 0 aromatic heterocycles. The third-order valence-corrected chi connectivity index (χ3v) is 9.95. The molecule has 2 aliphatic rings. The van der Waals surface area contributed by atoms with Crippen LogP contribution >= 0.6 is 11.6 Å². The number of hydrogen-bond acceptors (Lipinski definition) is 5. The first-order valence-corrected chi connectivity index (χ1v) is 16.1. The zero-order valence-corrected chi connectivity index (χ0v) is 24.8. The highest BCUT2D eigenvalue weighted by molar-refractivity contribution is 7.90. The van der Waals surface area contributed by atoms with Crippen molar-refractivity contribution in [3.63, 3.8) is 0 Å². The Balaban J connectivity index is 1.37. The van der Waals surface area contributed by atoms with E-state index in [0.29, 0.717) is 11.4 Å². The van der Waals surface area contributed by atoms with Gasteiger partial charge >= 0.3 is 0 Å². The van der Waals surface area contributed by atoms with Crippen molar-refractivity contribution in [1.29, 1.82) is 0 Å². The summed E-state index contributed by atoms with van der Waals surface area (Å²) in [5, 5.41) is 3.69. The van der Waals surface area contributed by atoms with Gasteiger partial charge in [0.15, 0.2) is 0 Å². The number of amides is 3. The first kappa shape index (κ1) is 29.8. The minimum absolute atomic E-state index is 0.0181. The summed E-state index contributed by atoms with van der Waals surface area (Å²) >= 11 is 6.25. The van der Waals surface area contributed by atoms with E-state index >= 15 is 0 Å². The Kier molecular flexibility index (Phi) is 9.28. The Morgan fingerprint density at radius 1 is 0.952 bits per heavy atom. The Labute approximate surface area is 251 Å². The molecule has 42 heavy (non-hydrogen) atoms. The van der Waals surface area contributed by atoms with E-state index < -0.39 is 22.0 Å². The Bertz CT molecular complexity index is 1560. The van der Waals surface area contributed by atoms with Crippen LogP contribution in [0.1, 0.15) is 60.0 Å². The molecule has 220 valence electrons. The van der Waals surface area contributed by atoms with Crippen LogP contribution in [-0.2, 0) is 32.6 Å². The van der Waals surface area contributed by atoms with E-state index in [1.807, 2.05) is 36.4 Å². The van der Waals surface area contributed by atoms with Crippen molar-refractivity contribution in [3.05, 3.63) is 101 Å². The van der Waals surface area contributed by atoms with Crippen molar-refractivity contribution in [2.24, 2.45) is 0 Å². The molecule has 1 aliphatic heterocycles. The number of benzene rings is 3. The number of sulfonamides is 1. The predicted octanol–water partition coefficient (Wildman–Crippen LogP) is 4.96. The molecule has 1 heterocycles. The predicted molar refractivity (Wildman–Crippen MR) is 160 cm³/mol. The lowest BCUT2D eigenvalue weighted by atomic mass is 10.0. The second-order valence-electron chi connectivity index (χ2n) is 10.8. The minimum Gasteiger partial charge on any atom is -0.352 e. The van der Waals surface area contributed by atoms with E-state index in [9.17, 15) is 22.8 Å². The largest absolute Gasteiger partial charge is 0.352 e. The number of carbonyl (C=O) groups excluding carboxylic acids is 3. The molecule has 0 unspecified atom stereocenters. The van der Waals surface area contributed by atoms with Crippen molar-refractivity contribution in [1.82, 2.24) is 14.5 Å². The molecule has 1 N–H and O–H groups in total. The summed E-state index contributed by atoms with van der Waals surface area (Å²) in [5.41, 5.74) is 1.83. The lowest BCUT2D eigenvalue weighted by Crippen LogP contribution is -2.52. The first-order valence-electron chi connectivity index (χ1n) is 14.3. The number of carbonyl (C=O) groups is 3. The molecule has 3 aromatic carbocycles. The van der Waals surface area contributed by atoms with E-state index in [1.165, 1.54) is 12.1 Å². The van der Waals surface area contributed by atoms with Crippen LogP contribution in [0.15, 0.2) is 83.8 Å². The smallest absolute Gasteiger partial charge is 0.269 e. The molecular formula is C32H34ClN3O5S. The summed E-state index contributed by atoms with van der Waals surface area (Å²) in [6, 6.07) is 22.1. The van der Waals surface area contributed by atoms with Gasteiger partial charge in [-0.2, -0.15) is 0 Å². The average Bonchev–Trinajstić information content (AvgIpc) is 3.56. The van der Waals surface area contributed by atoms with Gasteiger partial charge in [-0.15, -0.1) is 0 Å². The van der Waals surface area contributed by atoms with Crippen molar-refractivity contribution < 1.29 is 22.8 Å². The highest BCUT2D eigenvalue weighted by Gasteiger charge is 2.40. The van der Waals surface area contributed by atoms with Gasteiger partial charge in [0.25, 0.3) is 15.9 Å². The fourth-order valence-corrected chi connectivity index (χ4v) is 7.54. The van der Waals surface area contributed by atoms with Crippen LogP contribution < -0.4 is 5.32 Å². The molecule has 8 nitrogen and oxygen atoms in total. The molecule has 1 aliphatic carbocycles. The molecular weight excluding hydrogens is 574 g/mol. The summed E-state index contributed by atoms with van der Waals surface area (Å²) < 4.78 is 26.8. The molecule has 0 bridgehead atoms. The Morgan fingerprint density at radius 3 is 2.36 bits per heavy atom. The van der Waals surface area contributed by atoms with Crippen LogP contribution in [0.5, 0.6) is 0 Å². The van der Waals surface area contributed by atoms with Gasteiger partial charge in [-0.25, -0.2) is 12.7 Å². The van der Waals surface area contributed by atoms with Crippen LogP contribution in [0.25, 0.3) is 0 Å². The number of halogens is 1. The molecule has 10 heteroatoms. The van der Waals surface area contributed by atoms with Gasteiger partial charge < -0.3 is 10.2 Å². The Morgan fingerprint density at radius 2 is 1.64 bits per heavy atom. The lowest BCUT2D eigenvalue weighted by molar-refractivity contribution is -0.141. The lowest BCUT2D eigenvalue weighted by Gasteiger charge is -2.32. The Hall–Kier alpha value is -3.69. The van der Waals surface area contributed by atoms with Crippen molar-refractivity contribution in [2.75, 3.05) is 6.54 Å². The van der Waals surface area contributed by atoms with E-state index in [0.717, 1.165) is 41.1 Å². The van der Waals surface area contributed by atoms with Gasteiger partial charge in [-0.1, -0.05) is 79.0 Å². The molecule has 1 atom stereocenters. The molecule has 1 saturated carbocycles. The highest BCUT2D eigenvalue weighted by Crippen LogP contribution is 2.30. The third kappa shape index (κ3) is 6.68. The quantitative estimate of drug-likeness (QED) is 0.332. The number of nitrogens with one attached hydrogen (secondary N) is 1. The molecule has 0 radical (unpaired) electrons. The van der Waals surface area contributed by atoms with Crippen LogP contribution in [0.3, 0.4) is 0 Å². The molecule has 3 aromatic rings. The molecule has 1 fully saturated rings. The van der Waals surface area contributed by atoms with Gasteiger partial charge in [0, 0.05) is 37.0 Å². The van der Waals surface area contributed by atoms with Crippen LogP contribution in [-0.4, -0.2) is 54.0 Å². The van der Waals surface area contributed by atoms with Gasteiger partial charge in [-0.05, 0) is 54.7 Å². The SMILES string of the molecule is O=C(NC1CCCC1)[C@H](Cc1ccccc1)N(Cc1cccc(Cl)c1)C(=O)CCCN1C(=O)c2ccccc2S1(=O)=O. The maximum atomic E-state index is 13.9. The second-order valence-corrected chi connectivity index (χ2v) is 13.1. The normalized spacial score (nSPS) is 16.7. The zero-order chi connectivity index (χ0) is 29.7. The molecule has 0 saturated heterocycles. The van der Waals surface area contributed by atoms with E-state index in [4.69, 9.17) is 11.6 Å². The summed E-state index contributed by atoms with van der Waals surface area (Å²) in [6.45, 7) is 0.0194. The average molecular weight is 608 g/mol. The summed E-state index contributed by atoms with van der Waals surface area (Å²) in [4.78, 5) is 42.1. The van der Waals surface area contributed by atoms with Gasteiger partial charge in [-0.3, -0.25) is 14.4 Å². The van der Waals surface area contributed by atoms with Gasteiger partial charge in [0.05, 0.1) is 5.56 Å². The maximum Gasteiger partial charge on any atom is 0.269 e. The molecule has 3 amide bonds. The van der Waals surface area contributed by atoms with E-state index in [-0.39, 0.29) is 54.2 Å². The van der Waals surface area contributed by atoms with Crippen LogP contribution in [0, 0.1) is 0 Å². The number of hydrogen-bond donors (Lipinski definition) is 1. The maximum absolute atomic E-state index is 13.9. The van der Waals surface area contributed by atoms with Crippen molar-refractivity contribution in [3.8, 4) is 0 Å².